The SMILES string of the molecule is N[C@@H](Cc1ccc(O)nc1)C(=O)O. The van der Waals surface area contributed by atoms with Crippen molar-refractivity contribution >= 4 is 5.97 Å². The largest absolute Gasteiger partial charge is 0.493 e. The van der Waals surface area contributed by atoms with Gasteiger partial charge < -0.3 is 15.9 Å². The van der Waals surface area contributed by atoms with Crippen molar-refractivity contribution < 1.29 is 15.0 Å². The molecule has 0 radical (unpaired) electrons. The fourth-order valence-electron chi connectivity index (χ4n) is 0.879. The Morgan fingerprint density at radius 3 is 2.77 bits per heavy atom. The molecule has 0 aliphatic carbocycles. The maximum Gasteiger partial charge on any atom is 0.320 e. The summed E-state index contributed by atoms with van der Waals surface area (Å²) in [5, 5.41) is 17.3. The Bertz CT molecular complexity index is 297. The first-order valence-corrected chi connectivity index (χ1v) is 3.72. The van der Waals surface area contributed by atoms with E-state index in [2.05, 4.69) is 4.98 Å². The quantitative estimate of drug-likeness (QED) is 0.598. The molecule has 0 saturated carbocycles. The number of nitrogens with two attached hydrogens (primary N) is 1. The molecular weight excluding hydrogens is 172 g/mol. The number of carboxylic acid groups (broad SMARTS) is 1. The van der Waals surface area contributed by atoms with Gasteiger partial charge in [-0.1, -0.05) is 6.07 Å². The van der Waals surface area contributed by atoms with Gasteiger partial charge in [-0.05, 0) is 12.0 Å². The van der Waals surface area contributed by atoms with Crippen molar-refractivity contribution in [2.75, 3.05) is 0 Å². The van der Waals surface area contributed by atoms with Crippen LogP contribution in [0.15, 0.2) is 18.3 Å². The van der Waals surface area contributed by atoms with Gasteiger partial charge >= 0.3 is 5.97 Å². The monoisotopic (exact) mass is 182 g/mol. The summed E-state index contributed by atoms with van der Waals surface area (Å²) in [6.07, 6.45) is 1.61. The Hall–Kier alpha value is -1.62. The molecule has 1 rings (SSSR count). The lowest BCUT2D eigenvalue weighted by atomic mass is 10.1. The first kappa shape index (κ1) is 9.47. The third kappa shape index (κ3) is 2.72. The molecule has 0 saturated heterocycles. The van der Waals surface area contributed by atoms with Crippen molar-refractivity contribution in [3.63, 3.8) is 0 Å². The van der Waals surface area contributed by atoms with E-state index in [-0.39, 0.29) is 12.3 Å². The lowest BCUT2D eigenvalue weighted by Gasteiger charge is -2.05. The lowest BCUT2D eigenvalue weighted by Crippen LogP contribution is -2.32. The third-order valence-corrected chi connectivity index (χ3v) is 1.58. The molecule has 0 spiro atoms. The van der Waals surface area contributed by atoms with Crippen LogP contribution in [0.5, 0.6) is 5.88 Å². The second-order valence-electron chi connectivity index (χ2n) is 2.67. The maximum atomic E-state index is 10.4. The predicted molar refractivity (Wildman–Crippen MR) is 45.2 cm³/mol. The van der Waals surface area contributed by atoms with Gasteiger partial charge in [-0.25, -0.2) is 4.98 Å². The highest BCUT2D eigenvalue weighted by Crippen LogP contribution is 2.06. The summed E-state index contributed by atoms with van der Waals surface area (Å²) in [5.41, 5.74) is 5.98. The van der Waals surface area contributed by atoms with Crippen LogP contribution in [0.4, 0.5) is 0 Å². The molecule has 1 atom stereocenters. The molecule has 5 nitrogen and oxygen atoms in total. The number of aromatic hydroxyl groups is 1. The minimum Gasteiger partial charge on any atom is -0.493 e. The molecule has 1 aromatic heterocycles. The van der Waals surface area contributed by atoms with E-state index in [1.54, 1.807) is 6.07 Å². The molecule has 1 heterocycles. The van der Waals surface area contributed by atoms with Crippen LogP contribution in [-0.2, 0) is 11.2 Å². The lowest BCUT2D eigenvalue weighted by molar-refractivity contribution is -0.138. The van der Waals surface area contributed by atoms with E-state index < -0.39 is 12.0 Å². The van der Waals surface area contributed by atoms with E-state index in [0.717, 1.165) is 0 Å². The van der Waals surface area contributed by atoms with Crippen molar-refractivity contribution in [3.05, 3.63) is 23.9 Å². The van der Waals surface area contributed by atoms with Crippen LogP contribution < -0.4 is 5.73 Å². The summed E-state index contributed by atoms with van der Waals surface area (Å²) in [4.78, 5) is 14.0. The maximum absolute atomic E-state index is 10.4. The van der Waals surface area contributed by atoms with Gasteiger partial charge in [0, 0.05) is 12.3 Å². The summed E-state index contributed by atoms with van der Waals surface area (Å²) in [5.74, 6) is -1.14. The number of carbonyl (C=O) groups is 1. The molecule has 5 heteroatoms. The highest BCUT2D eigenvalue weighted by Gasteiger charge is 2.11. The second kappa shape index (κ2) is 3.86. The molecule has 4 N–H and O–H groups in total. The van der Waals surface area contributed by atoms with Gasteiger partial charge in [-0.15, -0.1) is 0 Å². The Kier molecular flexibility index (Phi) is 2.81. The Morgan fingerprint density at radius 1 is 1.62 bits per heavy atom. The van der Waals surface area contributed by atoms with Crippen LogP contribution in [0.25, 0.3) is 0 Å². The van der Waals surface area contributed by atoms with Gasteiger partial charge in [0.25, 0.3) is 0 Å². The highest BCUT2D eigenvalue weighted by atomic mass is 16.4. The number of hydrogen-bond donors (Lipinski definition) is 3. The fourth-order valence-corrected chi connectivity index (χ4v) is 0.879. The van der Waals surface area contributed by atoms with Gasteiger partial charge in [0.05, 0.1) is 0 Å². The first-order valence-electron chi connectivity index (χ1n) is 3.72. The normalized spacial score (nSPS) is 12.4. The van der Waals surface area contributed by atoms with Gasteiger partial charge in [-0.2, -0.15) is 0 Å². The standard InChI is InChI=1S/C8H10N2O3/c9-6(8(12)13)3-5-1-2-7(11)10-4-5/h1-2,4,6H,3,9H2,(H,10,11)(H,12,13)/t6-/m0/s1. The van der Waals surface area contributed by atoms with Crippen LogP contribution in [0.1, 0.15) is 5.56 Å². The first-order chi connectivity index (χ1) is 6.09. The van der Waals surface area contributed by atoms with Gasteiger partial charge in [-0.3, -0.25) is 4.79 Å². The molecule has 13 heavy (non-hydrogen) atoms. The molecular formula is C8H10N2O3. The van der Waals surface area contributed by atoms with Crippen molar-refractivity contribution in [3.8, 4) is 5.88 Å². The van der Waals surface area contributed by atoms with E-state index in [9.17, 15) is 4.79 Å². The van der Waals surface area contributed by atoms with E-state index >= 15 is 0 Å². The van der Waals surface area contributed by atoms with Crippen LogP contribution in [0, 0.1) is 0 Å². The molecule has 0 unspecified atom stereocenters. The van der Waals surface area contributed by atoms with Crippen LogP contribution in [0.3, 0.4) is 0 Å². The van der Waals surface area contributed by atoms with Crippen molar-refractivity contribution in [2.24, 2.45) is 5.73 Å². The zero-order valence-corrected chi connectivity index (χ0v) is 6.84. The number of carboxylic acids is 1. The van der Waals surface area contributed by atoms with E-state index in [1.807, 2.05) is 0 Å². The zero-order valence-electron chi connectivity index (χ0n) is 6.84. The Labute approximate surface area is 74.8 Å². The minimum absolute atomic E-state index is 0.0901. The molecule has 70 valence electrons. The average Bonchev–Trinajstić information content (AvgIpc) is 2.08. The number of nitrogens with zero attached hydrogens (tertiary/aromatic N) is 1. The number of aliphatic carboxylic acids is 1. The number of aromatic nitrogens is 1. The minimum atomic E-state index is -1.05. The van der Waals surface area contributed by atoms with Crippen molar-refractivity contribution in [1.29, 1.82) is 0 Å². The summed E-state index contributed by atoms with van der Waals surface area (Å²) >= 11 is 0. The summed E-state index contributed by atoms with van der Waals surface area (Å²) in [7, 11) is 0. The average molecular weight is 182 g/mol. The van der Waals surface area contributed by atoms with E-state index in [0.29, 0.717) is 5.56 Å². The van der Waals surface area contributed by atoms with E-state index in [1.165, 1.54) is 12.3 Å². The Morgan fingerprint density at radius 2 is 2.31 bits per heavy atom. The molecule has 0 bridgehead atoms. The van der Waals surface area contributed by atoms with Crippen molar-refractivity contribution in [2.45, 2.75) is 12.5 Å². The van der Waals surface area contributed by atoms with Gasteiger partial charge in [0.1, 0.15) is 6.04 Å². The second-order valence-corrected chi connectivity index (χ2v) is 2.67. The molecule has 0 fully saturated rings. The van der Waals surface area contributed by atoms with E-state index in [4.69, 9.17) is 15.9 Å². The number of pyridine rings is 1. The molecule has 0 aromatic carbocycles. The van der Waals surface area contributed by atoms with Crippen LogP contribution in [-0.4, -0.2) is 27.2 Å². The zero-order chi connectivity index (χ0) is 9.84. The molecule has 1 aromatic rings. The highest BCUT2D eigenvalue weighted by molar-refractivity contribution is 5.73. The molecule has 0 amide bonds. The smallest absolute Gasteiger partial charge is 0.320 e. The topological polar surface area (TPSA) is 96.4 Å². The Balaban J connectivity index is 2.64. The number of hydrogen-bond acceptors (Lipinski definition) is 4. The molecule has 0 aliphatic heterocycles. The van der Waals surface area contributed by atoms with Crippen LogP contribution in [0.2, 0.25) is 0 Å². The van der Waals surface area contributed by atoms with Crippen molar-refractivity contribution in [1.82, 2.24) is 4.98 Å². The number of rotatable bonds is 3. The molecule has 0 aliphatic rings. The predicted octanol–water partition coefficient (Wildman–Crippen LogP) is -0.258. The van der Waals surface area contributed by atoms with Gasteiger partial charge in [0.2, 0.25) is 5.88 Å². The fraction of sp³-hybridized carbons (Fsp3) is 0.250. The summed E-state index contributed by atoms with van der Waals surface area (Å²) < 4.78 is 0. The van der Waals surface area contributed by atoms with Gasteiger partial charge in [0.15, 0.2) is 0 Å². The third-order valence-electron chi connectivity index (χ3n) is 1.58. The summed E-state index contributed by atoms with van der Waals surface area (Å²) in [6.45, 7) is 0. The van der Waals surface area contributed by atoms with Crippen LogP contribution >= 0.6 is 0 Å². The summed E-state index contributed by atoms with van der Waals surface area (Å²) in [6, 6.07) is 2.06.